The smallest absolute Gasteiger partial charge is 0.308 e. The number of carboxylic acid groups (broad SMARTS) is 1. The van der Waals surface area contributed by atoms with Crippen molar-refractivity contribution in [2.75, 3.05) is 26.7 Å². The lowest BCUT2D eigenvalue weighted by molar-refractivity contribution is -0.145. The Morgan fingerprint density at radius 2 is 2.04 bits per heavy atom. The van der Waals surface area contributed by atoms with Crippen LogP contribution in [0.4, 0.5) is 4.39 Å². The summed E-state index contributed by atoms with van der Waals surface area (Å²) in [6, 6.07) is 5.63. The number of aliphatic carboxylic acids is 1. The number of H-pyrrole nitrogens is 1. The lowest BCUT2D eigenvalue weighted by atomic mass is 9.98. The van der Waals surface area contributed by atoms with E-state index in [1.807, 2.05) is 0 Å². The minimum atomic E-state index is -0.913. The Morgan fingerprint density at radius 3 is 2.71 bits per heavy atom. The van der Waals surface area contributed by atoms with Gasteiger partial charge in [-0.15, -0.1) is 0 Å². The van der Waals surface area contributed by atoms with Gasteiger partial charge in [-0.3, -0.25) is 19.5 Å². The van der Waals surface area contributed by atoms with Crippen LogP contribution in [0.5, 0.6) is 0 Å². The van der Waals surface area contributed by atoms with Crippen LogP contribution in [-0.4, -0.2) is 69.6 Å². The first-order valence-corrected chi connectivity index (χ1v) is 8.92. The van der Waals surface area contributed by atoms with Crippen LogP contribution in [0.15, 0.2) is 30.5 Å². The summed E-state index contributed by atoms with van der Waals surface area (Å²) in [4.78, 5) is 39.2. The largest absolute Gasteiger partial charge is 0.481 e. The number of benzene rings is 1. The Hall–Kier alpha value is -3.23. The van der Waals surface area contributed by atoms with Crippen LogP contribution >= 0.6 is 0 Å². The number of hydrogen-bond acceptors (Lipinski definition) is 4. The maximum Gasteiger partial charge on any atom is 0.308 e. The predicted molar refractivity (Wildman–Crippen MR) is 97.9 cm³/mol. The average Bonchev–Trinajstić information content (AvgIpc) is 3.17. The second kappa shape index (κ2) is 8.20. The zero-order valence-electron chi connectivity index (χ0n) is 15.4. The van der Waals surface area contributed by atoms with Gasteiger partial charge in [0.1, 0.15) is 5.82 Å². The molecule has 28 heavy (non-hydrogen) atoms. The number of nitrogens with one attached hydrogen (secondary N) is 1. The van der Waals surface area contributed by atoms with Crippen LogP contribution < -0.4 is 0 Å². The number of piperidine rings is 1. The van der Waals surface area contributed by atoms with Gasteiger partial charge in [-0.2, -0.15) is 5.10 Å². The summed E-state index contributed by atoms with van der Waals surface area (Å²) < 4.78 is 13.1. The molecule has 0 aliphatic carbocycles. The molecule has 0 radical (unpaired) electrons. The number of amides is 2. The van der Waals surface area contributed by atoms with Crippen LogP contribution in [0.2, 0.25) is 0 Å². The van der Waals surface area contributed by atoms with Gasteiger partial charge in [0.2, 0.25) is 5.91 Å². The Labute approximate surface area is 160 Å². The molecule has 1 aromatic heterocycles. The summed E-state index contributed by atoms with van der Waals surface area (Å²) in [5.41, 5.74) is 1.31. The van der Waals surface area contributed by atoms with Gasteiger partial charge in [0.25, 0.3) is 5.91 Å². The summed E-state index contributed by atoms with van der Waals surface area (Å²) in [6.07, 6.45) is 2.53. The summed E-state index contributed by atoms with van der Waals surface area (Å²) in [6.45, 7) is 0.471. The van der Waals surface area contributed by atoms with Crippen molar-refractivity contribution in [2.24, 2.45) is 5.92 Å². The van der Waals surface area contributed by atoms with Gasteiger partial charge in [0.05, 0.1) is 29.9 Å². The molecule has 148 valence electrons. The Bertz CT molecular complexity index is 880. The number of carbonyl (C=O) groups is 3. The van der Waals surface area contributed by atoms with Gasteiger partial charge in [-0.25, -0.2) is 4.39 Å². The van der Waals surface area contributed by atoms with Crippen molar-refractivity contribution in [3.8, 4) is 11.3 Å². The van der Waals surface area contributed by atoms with E-state index in [-0.39, 0.29) is 30.4 Å². The zero-order chi connectivity index (χ0) is 20.3. The molecule has 1 aromatic carbocycles. The van der Waals surface area contributed by atoms with Gasteiger partial charge in [0.15, 0.2) is 0 Å². The topological polar surface area (TPSA) is 107 Å². The molecule has 1 aliphatic rings. The van der Waals surface area contributed by atoms with E-state index >= 15 is 0 Å². The van der Waals surface area contributed by atoms with Crippen LogP contribution in [0.25, 0.3) is 11.3 Å². The molecule has 3 rings (SSSR count). The third-order valence-corrected chi connectivity index (χ3v) is 4.85. The molecule has 2 N–H and O–H groups in total. The molecule has 1 unspecified atom stereocenters. The maximum absolute atomic E-state index is 13.1. The fraction of sp³-hybridized carbons (Fsp3) is 0.368. The van der Waals surface area contributed by atoms with Crippen LogP contribution in [0.3, 0.4) is 0 Å². The van der Waals surface area contributed by atoms with Gasteiger partial charge < -0.3 is 14.9 Å². The first-order chi connectivity index (χ1) is 13.4. The number of rotatable bonds is 5. The molecule has 1 atom stereocenters. The molecule has 0 bridgehead atoms. The normalized spacial score (nSPS) is 16.6. The molecule has 2 aromatic rings. The lowest BCUT2D eigenvalue weighted by Crippen LogP contribution is -2.46. The summed E-state index contributed by atoms with van der Waals surface area (Å²) in [5.74, 6) is -2.58. The number of nitrogens with zero attached hydrogens (tertiary/aromatic N) is 3. The maximum atomic E-state index is 13.1. The number of halogens is 1. The number of likely N-dealkylation sites (N-methyl/N-ethyl adjacent to an activating group) is 1. The first kappa shape index (κ1) is 19.5. The number of carbonyl (C=O) groups excluding carboxylic acids is 2. The molecule has 1 saturated heterocycles. The van der Waals surface area contributed by atoms with Gasteiger partial charge in [0, 0.05) is 25.7 Å². The van der Waals surface area contributed by atoms with E-state index in [4.69, 9.17) is 5.11 Å². The van der Waals surface area contributed by atoms with Gasteiger partial charge in [-0.05, 0) is 37.1 Å². The fourth-order valence-electron chi connectivity index (χ4n) is 3.27. The Kier molecular flexibility index (Phi) is 5.72. The Balaban J connectivity index is 1.68. The quantitative estimate of drug-likeness (QED) is 0.809. The molecule has 0 spiro atoms. The van der Waals surface area contributed by atoms with E-state index in [2.05, 4.69) is 10.2 Å². The van der Waals surface area contributed by atoms with Crippen molar-refractivity contribution in [3.63, 3.8) is 0 Å². The second-order valence-electron chi connectivity index (χ2n) is 6.84. The van der Waals surface area contributed by atoms with Crippen molar-refractivity contribution in [3.05, 3.63) is 41.8 Å². The minimum absolute atomic E-state index is 0.155. The highest BCUT2D eigenvalue weighted by Gasteiger charge is 2.29. The number of likely N-dealkylation sites (tertiary alicyclic amines) is 1. The highest BCUT2D eigenvalue weighted by atomic mass is 19.1. The van der Waals surface area contributed by atoms with Crippen LogP contribution in [-0.2, 0) is 9.59 Å². The molecule has 9 heteroatoms. The van der Waals surface area contributed by atoms with Crippen molar-refractivity contribution in [1.82, 2.24) is 20.0 Å². The van der Waals surface area contributed by atoms with Gasteiger partial charge in [-0.1, -0.05) is 0 Å². The second-order valence-corrected chi connectivity index (χ2v) is 6.84. The summed E-state index contributed by atoms with van der Waals surface area (Å²) in [7, 11) is 1.50. The minimum Gasteiger partial charge on any atom is -0.481 e. The third-order valence-electron chi connectivity index (χ3n) is 4.85. The molecule has 1 aliphatic heterocycles. The summed E-state index contributed by atoms with van der Waals surface area (Å²) in [5, 5.41) is 15.8. The molecule has 2 amide bonds. The lowest BCUT2D eigenvalue weighted by Gasteiger charge is -2.32. The average molecular weight is 388 g/mol. The van der Waals surface area contributed by atoms with Gasteiger partial charge >= 0.3 is 5.97 Å². The standard InChI is InChI=1S/C19H21FN4O4/c1-23(11-16(25)24-8-2-3-13(10-24)19(27)28)18(26)15-9-21-22-17(15)12-4-6-14(20)7-5-12/h4-7,9,13H,2-3,8,10-11H2,1H3,(H,21,22)(H,27,28). The van der Waals surface area contributed by atoms with E-state index in [9.17, 15) is 18.8 Å². The van der Waals surface area contributed by atoms with E-state index in [0.29, 0.717) is 30.6 Å². The molecule has 1 fully saturated rings. The van der Waals surface area contributed by atoms with Crippen molar-refractivity contribution in [1.29, 1.82) is 0 Å². The highest BCUT2D eigenvalue weighted by molar-refractivity contribution is 6.01. The van der Waals surface area contributed by atoms with Crippen molar-refractivity contribution < 1.29 is 23.9 Å². The molecule has 2 heterocycles. The monoisotopic (exact) mass is 388 g/mol. The third kappa shape index (κ3) is 4.19. The number of hydrogen-bond donors (Lipinski definition) is 2. The van der Waals surface area contributed by atoms with E-state index in [0.717, 1.165) is 0 Å². The van der Waals surface area contributed by atoms with Crippen LogP contribution in [0, 0.1) is 11.7 Å². The molecule has 0 saturated carbocycles. The van der Waals surface area contributed by atoms with Crippen molar-refractivity contribution in [2.45, 2.75) is 12.8 Å². The number of aromatic nitrogens is 2. The number of aromatic amines is 1. The first-order valence-electron chi connectivity index (χ1n) is 8.92. The highest BCUT2D eigenvalue weighted by Crippen LogP contribution is 2.23. The van der Waals surface area contributed by atoms with E-state index in [1.54, 1.807) is 0 Å². The molecular weight excluding hydrogens is 367 g/mol. The van der Waals surface area contributed by atoms with Crippen LogP contribution in [0.1, 0.15) is 23.2 Å². The Morgan fingerprint density at radius 1 is 1.32 bits per heavy atom. The van der Waals surface area contributed by atoms with E-state index in [1.165, 1.54) is 47.3 Å². The fourth-order valence-corrected chi connectivity index (χ4v) is 3.27. The number of carboxylic acids is 1. The zero-order valence-corrected chi connectivity index (χ0v) is 15.4. The van der Waals surface area contributed by atoms with Crippen molar-refractivity contribution >= 4 is 17.8 Å². The SMILES string of the molecule is CN(CC(=O)N1CCCC(C(=O)O)C1)C(=O)c1cn[nH]c1-c1ccc(F)cc1. The predicted octanol–water partition coefficient (Wildman–Crippen LogP) is 1.61. The summed E-state index contributed by atoms with van der Waals surface area (Å²) >= 11 is 0. The van der Waals surface area contributed by atoms with E-state index < -0.39 is 17.8 Å². The molecular formula is C19H21FN4O4. The molecule has 8 nitrogen and oxygen atoms in total.